The molecule has 1 aromatic carbocycles. The third kappa shape index (κ3) is 2.33. The Kier molecular flexibility index (Phi) is 3.10. The minimum atomic E-state index is -0.935. The number of ketones is 1. The Hall–Kier alpha value is -2.82. The van der Waals surface area contributed by atoms with E-state index in [1.54, 1.807) is 18.5 Å². The van der Waals surface area contributed by atoms with Crippen LogP contribution in [0.5, 0.6) is 0 Å². The smallest absolute Gasteiger partial charge is 0.323 e. The van der Waals surface area contributed by atoms with Gasteiger partial charge < -0.3 is 14.2 Å². The average Bonchev–Trinajstić information content (AvgIpc) is 3.03. The molecule has 5 heteroatoms. The maximum absolute atomic E-state index is 12.6. The normalized spacial score (nSPS) is 10.9. The number of carbonyl (C=O) groups excluding carboxylic acids is 1. The number of aryl methyl sites for hydroxylation is 1. The number of carboxylic acid groups (broad SMARTS) is 1. The van der Waals surface area contributed by atoms with Crippen LogP contribution in [0.2, 0.25) is 0 Å². The van der Waals surface area contributed by atoms with E-state index < -0.39 is 5.97 Å². The fourth-order valence-electron chi connectivity index (χ4n) is 2.51. The molecule has 0 amide bonds. The standard InChI is InChI=1S/C16H14N2O3/c1-17-9-13(12-4-2-3-5-14(12)17)16(21)11-6-7-18(8-11)10-15(19)20/h2-9H,10H2,1H3,(H,19,20). The van der Waals surface area contributed by atoms with Crippen molar-refractivity contribution in [3.8, 4) is 0 Å². The molecule has 0 spiro atoms. The number of nitrogens with zero attached hydrogens (tertiary/aromatic N) is 2. The van der Waals surface area contributed by atoms with Crippen LogP contribution >= 0.6 is 0 Å². The van der Waals surface area contributed by atoms with Crippen LogP contribution in [-0.2, 0) is 18.4 Å². The molecule has 0 fully saturated rings. The van der Waals surface area contributed by atoms with Crippen LogP contribution in [0.25, 0.3) is 10.9 Å². The molecule has 0 unspecified atom stereocenters. The first-order valence-electron chi connectivity index (χ1n) is 6.52. The molecule has 5 nitrogen and oxygen atoms in total. The second-order valence-corrected chi connectivity index (χ2v) is 4.97. The van der Waals surface area contributed by atoms with Gasteiger partial charge in [0.05, 0.1) is 0 Å². The van der Waals surface area contributed by atoms with Crippen LogP contribution in [0.15, 0.2) is 48.9 Å². The molecule has 3 rings (SSSR count). The second kappa shape index (κ2) is 4.94. The lowest BCUT2D eigenvalue weighted by molar-refractivity contribution is -0.137. The number of fused-ring (bicyclic) bond motifs is 1. The molecule has 106 valence electrons. The van der Waals surface area contributed by atoms with Crippen LogP contribution in [0.1, 0.15) is 15.9 Å². The largest absolute Gasteiger partial charge is 0.480 e. The summed E-state index contributed by atoms with van der Waals surface area (Å²) in [4.78, 5) is 23.3. The molecule has 0 radical (unpaired) electrons. The summed E-state index contributed by atoms with van der Waals surface area (Å²) in [5.74, 6) is -1.04. The minimum absolute atomic E-state index is 0.101. The Morgan fingerprint density at radius 2 is 1.90 bits per heavy atom. The Morgan fingerprint density at radius 1 is 1.14 bits per heavy atom. The fraction of sp³-hybridized carbons (Fsp3) is 0.125. The second-order valence-electron chi connectivity index (χ2n) is 4.97. The van der Waals surface area contributed by atoms with Gasteiger partial charge in [0.15, 0.2) is 5.78 Å². The number of carboxylic acids is 1. The molecule has 3 aromatic rings. The van der Waals surface area contributed by atoms with Gasteiger partial charge in [-0.2, -0.15) is 0 Å². The predicted molar refractivity (Wildman–Crippen MR) is 78.4 cm³/mol. The van der Waals surface area contributed by atoms with Crippen molar-refractivity contribution in [1.29, 1.82) is 0 Å². The van der Waals surface area contributed by atoms with Gasteiger partial charge in [-0.05, 0) is 12.1 Å². The first kappa shape index (κ1) is 13.2. The van der Waals surface area contributed by atoms with Gasteiger partial charge in [-0.25, -0.2) is 0 Å². The highest BCUT2D eigenvalue weighted by Crippen LogP contribution is 2.23. The molecular weight excluding hydrogens is 268 g/mol. The molecule has 21 heavy (non-hydrogen) atoms. The molecular formula is C16H14N2O3. The van der Waals surface area contributed by atoms with E-state index in [1.165, 1.54) is 4.57 Å². The third-order valence-corrected chi connectivity index (χ3v) is 3.47. The van der Waals surface area contributed by atoms with Crippen molar-refractivity contribution in [2.75, 3.05) is 0 Å². The maximum atomic E-state index is 12.6. The van der Waals surface area contributed by atoms with Crippen LogP contribution in [-0.4, -0.2) is 26.0 Å². The first-order chi connectivity index (χ1) is 10.1. The van der Waals surface area contributed by atoms with Gasteiger partial charge in [0, 0.05) is 47.7 Å². The van der Waals surface area contributed by atoms with E-state index in [0.717, 1.165) is 10.9 Å². The Labute approximate surface area is 121 Å². The quantitative estimate of drug-likeness (QED) is 0.747. The molecule has 1 N–H and O–H groups in total. The highest BCUT2D eigenvalue weighted by molar-refractivity contribution is 6.16. The predicted octanol–water partition coefficient (Wildman–Crippen LogP) is 2.30. The van der Waals surface area contributed by atoms with Crippen molar-refractivity contribution in [3.05, 3.63) is 60.0 Å². The molecule has 2 aromatic heterocycles. The minimum Gasteiger partial charge on any atom is -0.480 e. The summed E-state index contributed by atoms with van der Waals surface area (Å²) in [6.45, 7) is -0.150. The number of aliphatic carboxylic acids is 1. The summed E-state index contributed by atoms with van der Waals surface area (Å²) < 4.78 is 3.40. The molecule has 0 atom stereocenters. The summed E-state index contributed by atoms with van der Waals surface area (Å²) in [5.41, 5.74) is 2.11. The van der Waals surface area contributed by atoms with Crippen LogP contribution in [0, 0.1) is 0 Å². The van der Waals surface area contributed by atoms with Crippen molar-refractivity contribution < 1.29 is 14.7 Å². The summed E-state index contributed by atoms with van der Waals surface area (Å²) in [6, 6.07) is 9.35. The lowest BCUT2D eigenvalue weighted by atomic mass is 10.1. The maximum Gasteiger partial charge on any atom is 0.323 e. The number of rotatable bonds is 4. The highest BCUT2D eigenvalue weighted by Gasteiger charge is 2.16. The fourth-order valence-corrected chi connectivity index (χ4v) is 2.51. The molecule has 2 heterocycles. The van der Waals surface area contributed by atoms with Crippen molar-refractivity contribution >= 4 is 22.7 Å². The van der Waals surface area contributed by atoms with E-state index in [2.05, 4.69) is 0 Å². The molecule has 0 aliphatic rings. The Morgan fingerprint density at radius 3 is 2.67 bits per heavy atom. The van der Waals surface area contributed by atoms with E-state index in [0.29, 0.717) is 11.1 Å². The van der Waals surface area contributed by atoms with Crippen molar-refractivity contribution in [2.24, 2.45) is 7.05 Å². The van der Waals surface area contributed by atoms with Gasteiger partial charge in [-0.1, -0.05) is 18.2 Å². The number of benzene rings is 1. The Balaban J connectivity index is 2.01. The van der Waals surface area contributed by atoms with Crippen LogP contribution in [0.4, 0.5) is 0 Å². The lowest BCUT2D eigenvalue weighted by Gasteiger charge is -1.97. The van der Waals surface area contributed by atoms with Gasteiger partial charge in [0.25, 0.3) is 0 Å². The summed E-state index contributed by atoms with van der Waals surface area (Å²) >= 11 is 0. The zero-order chi connectivity index (χ0) is 15.0. The van der Waals surface area contributed by atoms with Gasteiger partial charge in [-0.3, -0.25) is 9.59 Å². The average molecular weight is 282 g/mol. The Bertz CT molecular complexity index is 842. The van der Waals surface area contributed by atoms with E-state index >= 15 is 0 Å². The van der Waals surface area contributed by atoms with Crippen molar-refractivity contribution in [1.82, 2.24) is 9.13 Å². The monoisotopic (exact) mass is 282 g/mol. The number of para-hydroxylation sites is 1. The molecule has 0 saturated heterocycles. The first-order valence-corrected chi connectivity index (χ1v) is 6.52. The van der Waals surface area contributed by atoms with Crippen molar-refractivity contribution in [3.63, 3.8) is 0 Å². The molecule has 0 aliphatic carbocycles. The third-order valence-electron chi connectivity index (χ3n) is 3.47. The summed E-state index contributed by atoms with van der Waals surface area (Å²) in [6.07, 6.45) is 4.98. The number of hydrogen-bond donors (Lipinski definition) is 1. The summed E-state index contributed by atoms with van der Waals surface area (Å²) in [7, 11) is 1.90. The number of carbonyl (C=O) groups is 2. The van der Waals surface area contributed by atoms with E-state index in [1.807, 2.05) is 42.1 Å². The van der Waals surface area contributed by atoms with Crippen LogP contribution in [0.3, 0.4) is 0 Å². The van der Waals surface area contributed by atoms with Crippen molar-refractivity contribution in [2.45, 2.75) is 6.54 Å². The van der Waals surface area contributed by atoms with E-state index in [-0.39, 0.29) is 12.3 Å². The molecule has 0 bridgehead atoms. The summed E-state index contributed by atoms with van der Waals surface area (Å²) in [5, 5.41) is 9.67. The number of aromatic nitrogens is 2. The zero-order valence-corrected chi connectivity index (χ0v) is 11.5. The van der Waals surface area contributed by atoms with Gasteiger partial charge in [0.2, 0.25) is 0 Å². The van der Waals surface area contributed by atoms with Crippen LogP contribution < -0.4 is 0 Å². The van der Waals surface area contributed by atoms with Gasteiger partial charge >= 0.3 is 5.97 Å². The number of hydrogen-bond acceptors (Lipinski definition) is 2. The van der Waals surface area contributed by atoms with E-state index in [9.17, 15) is 9.59 Å². The van der Waals surface area contributed by atoms with Gasteiger partial charge in [0.1, 0.15) is 6.54 Å². The zero-order valence-electron chi connectivity index (χ0n) is 11.5. The topological polar surface area (TPSA) is 64.2 Å². The highest BCUT2D eigenvalue weighted by atomic mass is 16.4. The lowest BCUT2D eigenvalue weighted by Crippen LogP contribution is -2.06. The van der Waals surface area contributed by atoms with Gasteiger partial charge in [-0.15, -0.1) is 0 Å². The van der Waals surface area contributed by atoms with E-state index in [4.69, 9.17) is 5.11 Å². The molecule has 0 saturated carbocycles. The SMILES string of the molecule is Cn1cc(C(=O)c2ccn(CC(=O)O)c2)c2ccccc21. The molecule has 0 aliphatic heterocycles.